The van der Waals surface area contributed by atoms with Gasteiger partial charge in [0, 0.05) is 24.6 Å². The lowest BCUT2D eigenvalue weighted by Crippen LogP contribution is -2.33. The SMILES string of the molecule is Cc1cc2c(cc(C(=O)NCC3CCCO3)n2Cc2ccc(C(F)(F)F)cc2)s1. The Balaban J connectivity index is 1.59. The number of halogens is 3. The molecule has 0 radical (unpaired) electrons. The van der Waals surface area contributed by atoms with Crippen LogP contribution in [0.1, 0.15) is 39.3 Å². The summed E-state index contributed by atoms with van der Waals surface area (Å²) in [5, 5.41) is 2.93. The molecule has 1 N–H and O–H groups in total. The van der Waals surface area contributed by atoms with Crippen LogP contribution in [0.15, 0.2) is 36.4 Å². The van der Waals surface area contributed by atoms with E-state index in [1.165, 1.54) is 12.1 Å². The summed E-state index contributed by atoms with van der Waals surface area (Å²) in [6.07, 6.45) is -2.39. The summed E-state index contributed by atoms with van der Waals surface area (Å²) in [4.78, 5) is 13.9. The maximum absolute atomic E-state index is 12.8. The zero-order valence-electron chi connectivity index (χ0n) is 15.9. The Morgan fingerprint density at radius 3 is 2.69 bits per heavy atom. The Morgan fingerprint density at radius 2 is 2.03 bits per heavy atom. The minimum absolute atomic E-state index is 0.0423. The molecule has 0 bridgehead atoms. The number of carbonyl (C=O) groups is 1. The minimum Gasteiger partial charge on any atom is -0.376 e. The second-order valence-corrected chi connectivity index (χ2v) is 8.55. The summed E-state index contributed by atoms with van der Waals surface area (Å²) >= 11 is 1.59. The monoisotopic (exact) mass is 422 g/mol. The number of rotatable bonds is 5. The molecular weight excluding hydrogens is 401 g/mol. The molecule has 2 aromatic heterocycles. The third-order valence-electron chi connectivity index (χ3n) is 5.08. The van der Waals surface area contributed by atoms with Crippen LogP contribution in [0.4, 0.5) is 13.2 Å². The average molecular weight is 422 g/mol. The number of hydrogen-bond donors (Lipinski definition) is 1. The highest BCUT2D eigenvalue weighted by molar-refractivity contribution is 7.19. The standard InChI is InChI=1S/C21H21F3N2O2S/c1-13-9-17-19(29-13)10-18(20(27)25-11-16-3-2-8-28-16)26(17)12-14-4-6-15(7-5-14)21(22,23)24/h4-7,9-10,16H,2-3,8,11-12H2,1H3,(H,25,27). The van der Waals surface area contributed by atoms with Crippen molar-refractivity contribution < 1.29 is 22.7 Å². The first-order valence-corrected chi connectivity index (χ1v) is 10.3. The highest BCUT2D eigenvalue weighted by atomic mass is 32.1. The number of alkyl halides is 3. The Morgan fingerprint density at radius 1 is 1.28 bits per heavy atom. The molecule has 4 nitrogen and oxygen atoms in total. The molecule has 154 valence electrons. The average Bonchev–Trinajstić information content (AvgIpc) is 3.37. The molecule has 0 aliphatic carbocycles. The smallest absolute Gasteiger partial charge is 0.376 e. The van der Waals surface area contributed by atoms with E-state index in [4.69, 9.17) is 4.74 Å². The van der Waals surface area contributed by atoms with Crippen LogP contribution >= 0.6 is 11.3 Å². The van der Waals surface area contributed by atoms with E-state index < -0.39 is 11.7 Å². The highest BCUT2D eigenvalue weighted by Gasteiger charge is 2.30. The molecule has 1 atom stereocenters. The van der Waals surface area contributed by atoms with Gasteiger partial charge in [-0.05, 0) is 49.6 Å². The van der Waals surface area contributed by atoms with Crippen LogP contribution < -0.4 is 5.32 Å². The van der Waals surface area contributed by atoms with E-state index in [1.54, 1.807) is 11.3 Å². The van der Waals surface area contributed by atoms with Crippen molar-refractivity contribution in [3.63, 3.8) is 0 Å². The van der Waals surface area contributed by atoms with Crippen molar-refractivity contribution in [3.05, 3.63) is 58.1 Å². The van der Waals surface area contributed by atoms with E-state index in [1.807, 2.05) is 23.6 Å². The predicted molar refractivity (Wildman–Crippen MR) is 106 cm³/mol. The van der Waals surface area contributed by atoms with Crippen LogP contribution in [0.3, 0.4) is 0 Å². The molecule has 3 heterocycles. The van der Waals surface area contributed by atoms with Crippen LogP contribution in [0.5, 0.6) is 0 Å². The van der Waals surface area contributed by atoms with Gasteiger partial charge in [-0.25, -0.2) is 0 Å². The lowest BCUT2D eigenvalue weighted by Gasteiger charge is -2.14. The molecule has 1 aliphatic rings. The quantitative estimate of drug-likeness (QED) is 0.630. The number of ether oxygens (including phenoxy) is 1. The summed E-state index contributed by atoms with van der Waals surface area (Å²) in [5.74, 6) is -0.200. The van der Waals surface area contributed by atoms with Crippen molar-refractivity contribution in [3.8, 4) is 0 Å². The van der Waals surface area contributed by atoms with E-state index in [0.29, 0.717) is 24.3 Å². The van der Waals surface area contributed by atoms with Crippen molar-refractivity contribution in [2.75, 3.05) is 13.2 Å². The zero-order valence-corrected chi connectivity index (χ0v) is 16.7. The topological polar surface area (TPSA) is 43.3 Å². The van der Waals surface area contributed by atoms with Crippen LogP contribution in [-0.2, 0) is 17.5 Å². The second kappa shape index (κ2) is 7.84. The van der Waals surface area contributed by atoms with Gasteiger partial charge in [0.2, 0.25) is 0 Å². The Bertz CT molecular complexity index is 1020. The lowest BCUT2D eigenvalue weighted by molar-refractivity contribution is -0.137. The van der Waals surface area contributed by atoms with Crippen LogP contribution in [0, 0.1) is 6.92 Å². The number of nitrogens with zero attached hydrogens (tertiary/aromatic N) is 1. The van der Waals surface area contributed by atoms with E-state index in [0.717, 1.165) is 46.7 Å². The largest absolute Gasteiger partial charge is 0.416 e. The molecule has 3 aromatic rings. The molecule has 29 heavy (non-hydrogen) atoms. The number of carbonyl (C=O) groups excluding carboxylic acids is 1. The Labute approximate surface area is 170 Å². The maximum atomic E-state index is 12.8. The number of hydrogen-bond acceptors (Lipinski definition) is 3. The van der Waals surface area contributed by atoms with Crippen molar-refractivity contribution in [1.29, 1.82) is 0 Å². The fourth-order valence-corrected chi connectivity index (χ4v) is 4.57. The summed E-state index contributed by atoms with van der Waals surface area (Å²) in [5.41, 5.74) is 1.44. The van der Waals surface area contributed by atoms with E-state index >= 15 is 0 Å². The summed E-state index contributed by atoms with van der Waals surface area (Å²) in [7, 11) is 0. The van der Waals surface area contributed by atoms with E-state index in [9.17, 15) is 18.0 Å². The zero-order chi connectivity index (χ0) is 20.6. The molecule has 1 amide bonds. The maximum Gasteiger partial charge on any atom is 0.416 e. The van der Waals surface area contributed by atoms with Gasteiger partial charge in [0.15, 0.2) is 0 Å². The van der Waals surface area contributed by atoms with Crippen molar-refractivity contribution in [1.82, 2.24) is 9.88 Å². The van der Waals surface area contributed by atoms with Gasteiger partial charge in [0.25, 0.3) is 5.91 Å². The number of thiophene rings is 1. The van der Waals surface area contributed by atoms with Crippen LogP contribution in [0.25, 0.3) is 10.2 Å². The molecule has 0 saturated carbocycles. The van der Waals surface area contributed by atoms with E-state index in [-0.39, 0.29) is 12.0 Å². The molecule has 1 unspecified atom stereocenters. The van der Waals surface area contributed by atoms with Gasteiger partial charge in [-0.1, -0.05) is 12.1 Å². The van der Waals surface area contributed by atoms with Gasteiger partial charge in [-0.2, -0.15) is 13.2 Å². The number of aryl methyl sites for hydroxylation is 1. The molecule has 1 fully saturated rings. The molecular formula is C21H21F3N2O2S. The lowest BCUT2D eigenvalue weighted by atomic mass is 10.1. The van der Waals surface area contributed by atoms with E-state index in [2.05, 4.69) is 5.32 Å². The Kier molecular flexibility index (Phi) is 5.40. The third-order valence-corrected chi connectivity index (χ3v) is 6.07. The van der Waals surface area contributed by atoms with Gasteiger partial charge < -0.3 is 14.6 Å². The van der Waals surface area contributed by atoms with Gasteiger partial charge in [0.1, 0.15) is 5.69 Å². The fraction of sp³-hybridized carbons (Fsp3) is 0.381. The van der Waals surface area contributed by atoms with Crippen molar-refractivity contribution in [2.45, 2.75) is 38.6 Å². The number of nitrogens with one attached hydrogen (secondary N) is 1. The van der Waals surface area contributed by atoms with Gasteiger partial charge in [-0.3, -0.25) is 4.79 Å². The van der Waals surface area contributed by atoms with Crippen LogP contribution in [-0.4, -0.2) is 29.7 Å². The van der Waals surface area contributed by atoms with Gasteiger partial charge in [-0.15, -0.1) is 11.3 Å². The number of aromatic nitrogens is 1. The first-order valence-electron chi connectivity index (χ1n) is 9.47. The van der Waals surface area contributed by atoms with Gasteiger partial charge >= 0.3 is 6.18 Å². The third kappa shape index (κ3) is 4.33. The second-order valence-electron chi connectivity index (χ2n) is 7.26. The highest BCUT2D eigenvalue weighted by Crippen LogP contribution is 2.31. The molecule has 1 aliphatic heterocycles. The normalized spacial score (nSPS) is 17.2. The first-order chi connectivity index (χ1) is 13.8. The number of amides is 1. The minimum atomic E-state index is -4.36. The first kappa shape index (κ1) is 20.0. The molecule has 1 saturated heterocycles. The number of fused-ring (bicyclic) bond motifs is 1. The molecule has 0 spiro atoms. The summed E-state index contributed by atoms with van der Waals surface area (Å²) in [6, 6.07) is 8.92. The molecule has 8 heteroatoms. The van der Waals surface area contributed by atoms with Crippen LogP contribution in [0.2, 0.25) is 0 Å². The van der Waals surface area contributed by atoms with Crippen molar-refractivity contribution >= 4 is 27.5 Å². The van der Waals surface area contributed by atoms with Gasteiger partial charge in [0.05, 0.1) is 21.9 Å². The summed E-state index contributed by atoms with van der Waals surface area (Å²) < 4.78 is 46.9. The Hall–Kier alpha value is -2.32. The van der Waals surface area contributed by atoms with Crippen molar-refractivity contribution in [2.24, 2.45) is 0 Å². The fourth-order valence-electron chi connectivity index (χ4n) is 3.61. The predicted octanol–water partition coefficient (Wildman–Crippen LogP) is 4.99. The number of benzene rings is 1. The summed E-state index contributed by atoms with van der Waals surface area (Å²) in [6.45, 7) is 3.49. The molecule has 4 rings (SSSR count). The molecule has 1 aromatic carbocycles.